The number of aromatic nitrogens is 3. The fraction of sp³-hybridized carbons (Fsp3) is 0.250. The lowest BCUT2D eigenvalue weighted by molar-refractivity contribution is -0.117. The molecule has 98 valence electrons. The highest BCUT2D eigenvalue weighted by molar-refractivity contribution is 6.42. The van der Waals surface area contributed by atoms with E-state index in [4.69, 9.17) is 23.2 Å². The van der Waals surface area contributed by atoms with Gasteiger partial charge in [0.2, 0.25) is 11.9 Å². The fourth-order valence-electron chi connectivity index (χ4n) is 2.11. The summed E-state index contributed by atoms with van der Waals surface area (Å²) >= 11 is 12.1. The molecule has 19 heavy (non-hydrogen) atoms. The van der Waals surface area contributed by atoms with Gasteiger partial charge in [0.25, 0.3) is 0 Å². The summed E-state index contributed by atoms with van der Waals surface area (Å²) in [5.74, 6) is 0.292. The van der Waals surface area contributed by atoms with Crippen molar-refractivity contribution in [2.24, 2.45) is 5.92 Å². The Hall–Kier alpha value is -1.59. The molecule has 3 rings (SSSR count). The highest BCUT2D eigenvalue weighted by Gasteiger charge is 2.45. The number of carbonyl (C=O) groups is 1. The summed E-state index contributed by atoms with van der Waals surface area (Å²) in [6, 6.07) is 5.48. The zero-order chi connectivity index (χ0) is 13.4. The van der Waals surface area contributed by atoms with Gasteiger partial charge in [-0.25, -0.2) is 5.10 Å². The number of carbonyl (C=O) groups excluding carboxylic acids is 1. The number of nitrogens with zero attached hydrogens (tertiary/aromatic N) is 2. The van der Waals surface area contributed by atoms with E-state index in [1.807, 2.05) is 12.1 Å². The summed E-state index contributed by atoms with van der Waals surface area (Å²) in [5, 5.41) is 9.97. The molecule has 0 bridgehead atoms. The standard InChI is InChI=1S/C12H10Cl2N4O/c13-9-3-1-2-6(10(9)14)7-4-8(7)11(19)17-12-15-5-16-18-12/h1-3,5,7-8H,4H2,(H2,15,16,17,18,19)/t7-,8-/m1/s1. The predicted molar refractivity (Wildman–Crippen MR) is 72.3 cm³/mol. The SMILES string of the molecule is O=C(Nc1ncn[nH]1)[C@@H]1C[C@@H]1c1cccc(Cl)c1Cl. The van der Waals surface area contributed by atoms with Crippen LogP contribution in [0.15, 0.2) is 24.5 Å². The smallest absolute Gasteiger partial charge is 0.230 e. The van der Waals surface area contributed by atoms with Gasteiger partial charge in [-0.05, 0) is 24.0 Å². The van der Waals surface area contributed by atoms with Crippen LogP contribution in [0.25, 0.3) is 0 Å². The van der Waals surface area contributed by atoms with Crippen LogP contribution in [0.4, 0.5) is 5.95 Å². The molecule has 0 radical (unpaired) electrons. The Kier molecular flexibility index (Phi) is 3.16. The van der Waals surface area contributed by atoms with Gasteiger partial charge in [-0.1, -0.05) is 35.3 Å². The van der Waals surface area contributed by atoms with Gasteiger partial charge >= 0.3 is 0 Å². The van der Waals surface area contributed by atoms with Gasteiger partial charge in [0, 0.05) is 5.92 Å². The number of hydrogen-bond acceptors (Lipinski definition) is 3. The summed E-state index contributed by atoms with van der Waals surface area (Å²) in [4.78, 5) is 15.8. The molecule has 0 aliphatic heterocycles. The summed E-state index contributed by atoms with van der Waals surface area (Å²) < 4.78 is 0. The number of nitrogens with one attached hydrogen (secondary N) is 2. The lowest BCUT2D eigenvalue weighted by Gasteiger charge is -2.05. The summed E-state index contributed by atoms with van der Waals surface area (Å²) in [5.41, 5.74) is 0.923. The van der Waals surface area contributed by atoms with Gasteiger partial charge in [0.1, 0.15) is 6.33 Å². The zero-order valence-corrected chi connectivity index (χ0v) is 11.2. The average molecular weight is 297 g/mol. The molecule has 7 heteroatoms. The number of benzene rings is 1. The summed E-state index contributed by atoms with van der Waals surface area (Å²) in [7, 11) is 0. The lowest BCUT2D eigenvalue weighted by atomic mass is 10.1. The second-order valence-electron chi connectivity index (χ2n) is 4.42. The first-order valence-corrected chi connectivity index (χ1v) is 6.52. The van der Waals surface area contributed by atoms with Gasteiger partial charge in [0.05, 0.1) is 10.0 Å². The molecule has 1 fully saturated rings. The van der Waals surface area contributed by atoms with Crippen LogP contribution in [0.3, 0.4) is 0 Å². The van der Waals surface area contributed by atoms with Gasteiger partial charge in [-0.2, -0.15) is 10.1 Å². The van der Waals surface area contributed by atoms with Crippen molar-refractivity contribution in [3.63, 3.8) is 0 Å². The van der Waals surface area contributed by atoms with E-state index in [2.05, 4.69) is 20.5 Å². The topological polar surface area (TPSA) is 70.7 Å². The van der Waals surface area contributed by atoms with Crippen LogP contribution in [0.1, 0.15) is 17.9 Å². The van der Waals surface area contributed by atoms with Crippen LogP contribution in [0, 0.1) is 5.92 Å². The third kappa shape index (κ3) is 2.43. The molecular formula is C12H10Cl2N4O. The Morgan fingerprint density at radius 1 is 1.42 bits per heavy atom. The highest BCUT2D eigenvalue weighted by Crippen LogP contribution is 2.50. The second kappa shape index (κ2) is 4.83. The van der Waals surface area contributed by atoms with Gasteiger partial charge in [0.15, 0.2) is 0 Å². The van der Waals surface area contributed by atoms with Gasteiger partial charge in [-0.15, -0.1) is 0 Å². The van der Waals surface area contributed by atoms with E-state index in [-0.39, 0.29) is 17.7 Å². The number of rotatable bonds is 3. The number of amides is 1. The average Bonchev–Trinajstić information content (AvgIpc) is 3.03. The molecule has 2 atom stereocenters. The van der Waals surface area contributed by atoms with Gasteiger partial charge in [-0.3, -0.25) is 10.1 Å². The van der Waals surface area contributed by atoms with E-state index in [0.717, 1.165) is 12.0 Å². The van der Waals surface area contributed by atoms with Crippen LogP contribution in [-0.2, 0) is 4.79 Å². The minimum Gasteiger partial charge on any atom is -0.295 e. The van der Waals surface area contributed by atoms with E-state index < -0.39 is 0 Å². The second-order valence-corrected chi connectivity index (χ2v) is 5.20. The Bertz CT molecular complexity index is 614. The van der Waals surface area contributed by atoms with Crippen molar-refractivity contribution in [1.29, 1.82) is 0 Å². The number of halogens is 2. The molecule has 1 heterocycles. The molecule has 2 aromatic rings. The summed E-state index contributed by atoms with van der Waals surface area (Å²) in [6.45, 7) is 0. The third-order valence-corrected chi connectivity index (χ3v) is 4.00. The van der Waals surface area contributed by atoms with E-state index in [0.29, 0.717) is 16.0 Å². The molecule has 1 aromatic heterocycles. The highest BCUT2D eigenvalue weighted by atomic mass is 35.5. The fourth-order valence-corrected chi connectivity index (χ4v) is 2.56. The van der Waals surface area contributed by atoms with E-state index in [1.54, 1.807) is 6.07 Å². The third-order valence-electron chi connectivity index (χ3n) is 3.16. The van der Waals surface area contributed by atoms with Crippen molar-refractivity contribution in [2.45, 2.75) is 12.3 Å². The Morgan fingerprint density at radius 2 is 2.26 bits per heavy atom. The van der Waals surface area contributed by atoms with E-state index in [1.165, 1.54) is 6.33 Å². The maximum absolute atomic E-state index is 12.0. The zero-order valence-electron chi connectivity index (χ0n) is 9.73. The predicted octanol–water partition coefficient (Wildman–Crippen LogP) is 2.85. The minimum atomic E-state index is -0.0962. The van der Waals surface area contributed by atoms with Gasteiger partial charge < -0.3 is 0 Å². The molecular weight excluding hydrogens is 287 g/mol. The summed E-state index contributed by atoms with van der Waals surface area (Å²) in [6.07, 6.45) is 2.11. The molecule has 1 aromatic carbocycles. The first kappa shape index (κ1) is 12.4. The molecule has 1 saturated carbocycles. The molecule has 5 nitrogen and oxygen atoms in total. The minimum absolute atomic E-state index is 0.0854. The van der Waals surface area contributed by atoms with Crippen molar-refractivity contribution >= 4 is 35.1 Å². The first-order valence-electron chi connectivity index (χ1n) is 5.77. The lowest BCUT2D eigenvalue weighted by Crippen LogP contribution is -2.15. The normalized spacial score (nSPS) is 21.2. The van der Waals surface area contributed by atoms with Crippen molar-refractivity contribution in [3.8, 4) is 0 Å². The maximum atomic E-state index is 12.0. The Labute approximate surface area is 119 Å². The van der Waals surface area contributed by atoms with Crippen LogP contribution >= 0.6 is 23.2 Å². The molecule has 1 aliphatic rings. The number of aromatic amines is 1. The molecule has 0 spiro atoms. The molecule has 0 saturated heterocycles. The van der Waals surface area contributed by atoms with Crippen molar-refractivity contribution < 1.29 is 4.79 Å². The Balaban J connectivity index is 1.70. The quantitative estimate of drug-likeness (QED) is 0.915. The van der Waals surface area contributed by atoms with Crippen molar-refractivity contribution in [2.75, 3.05) is 5.32 Å². The van der Waals surface area contributed by atoms with E-state index >= 15 is 0 Å². The van der Waals surface area contributed by atoms with Crippen LogP contribution in [0.2, 0.25) is 10.0 Å². The monoisotopic (exact) mass is 296 g/mol. The maximum Gasteiger partial charge on any atom is 0.230 e. The van der Waals surface area contributed by atoms with Crippen LogP contribution in [-0.4, -0.2) is 21.1 Å². The van der Waals surface area contributed by atoms with Crippen molar-refractivity contribution in [1.82, 2.24) is 15.2 Å². The van der Waals surface area contributed by atoms with Crippen LogP contribution in [0.5, 0.6) is 0 Å². The Morgan fingerprint density at radius 3 is 3.00 bits per heavy atom. The molecule has 2 N–H and O–H groups in total. The van der Waals surface area contributed by atoms with E-state index in [9.17, 15) is 4.79 Å². The number of anilines is 1. The number of hydrogen-bond donors (Lipinski definition) is 2. The largest absolute Gasteiger partial charge is 0.295 e. The molecule has 1 amide bonds. The first-order chi connectivity index (χ1) is 9.16. The number of H-pyrrole nitrogens is 1. The molecule has 1 aliphatic carbocycles. The van der Waals surface area contributed by atoms with Crippen LogP contribution < -0.4 is 5.32 Å². The van der Waals surface area contributed by atoms with Crippen molar-refractivity contribution in [3.05, 3.63) is 40.1 Å². The molecule has 0 unspecified atom stereocenters.